The van der Waals surface area contributed by atoms with Crippen molar-refractivity contribution in [2.45, 2.75) is 33.6 Å². The van der Waals surface area contributed by atoms with Gasteiger partial charge in [-0.2, -0.15) is 5.10 Å². The van der Waals surface area contributed by atoms with Crippen LogP contribution in [0, 0.1) is 0 Å². The molecule has 0 saturated carbocycles. The highest BCUT2D eigenvalue weighted by atomic mass is 15.2. The quantitative estimate of drug-likeness (QED) is 0.623. The van der Waals surface area contributed by atoms with Crippen LogP contribution in [0.25, 0.3) is 5.52 Å². The van der Waals surface area contributed by atoms with Crippen LogP contribution in [0.5, 0.6) is 0 Å². The van der Waals surface area contributed by atoms with Gasteiger partial charge in [0.15, 0.2) is 0 Å². The zero-order valence-corrected chi connectivity index (χ0v) is 8.28. The van der Waals surface area contributed by atoms with E-state index in [0.717, 1.165) is 0 Å². The van der Waals surface area contributed by atoms with Crippen LogP contribution >= 0.6 is 0 Å². The highest BCUT2D eigenvalue weighted by Gasteiger charge is 2.17. The number of hydrogen-bond donors (Lipinski definition) is 0. The van der Waals surface area contributed by atoms with Crippen molar-refractivity contribution in [1.82, 2.24) is 9.61 Å². The zero-order chi connectivity index (χ0) is 9.47. The molecule has 2 aromatic heterocycles. The predicted molar refractivity (Wildman–Crippen MR) is 60.6 cm³/mol. The van der Waals surface area contributed by atoms with Gasteiger partial charge < -0.3 is 0 Å². The molecule has 2 heteroatoms. The van der Waals surface area contributed by atoms with E-state index in [0.29, 0.717) is 0 Å². The number of pyridine rings is 1. The first-order valence-electron chi connectivity index (χ1n) is 4.52. The van der Waals surface area contributed by atoms with E-state index in [-0.39, 0.29) is 12.8 Å². The van der Waals surface area contributed by atoms with Gasteiger partial charge in [-0.3, -0.25) is 0 Å². The predicted octanol–water partition coefficient (Wildman–Crippen LogP) is 3.27. The van der Waals surface area contributed by atoms with Gasteiger partial charge in [0.2, 0.25) is 0 Å². The third-order valence-corrected chi connectivity index (χ3v) is 2.23. The van der Waals surface area contributed by atoms with E-state index in [2.05, 4.69) is 31.9 Å². The largest absolute Gasteiger partial charge is 0.241 e. The van der Waals surface area contributed by atoms with Crippen molar-refractivity contribution in [1.29, 1.82) is 0 Å². The molecule has 0 unspecified atom stereocenters. The Morgan fingerprint density at radius 3 is 2.57 bits per heavy atom. The molecule has 0 fully saturated rings. The van der Waals surface area contributed by atoms with Gasteiger partial charge in [0.05, 0.1) is 11.7 Å². The van der Waals surface area contributed by atoms with Gasteiger partial charge in [0.1, 0.15) is 0 Å². The summed E-state index contributed by atoms with van der Waals surface area (Å²) < 4.78 is 1.92. The molecule has 0 aliphatic carbocycles. The Bertz CT molecular complexity index is 421. The molecule has 0 bridgehead atoms. The monoisotopic (exact) mass is 190 g/mol. The number of nitrogens with zero attached hydrogens (tertiary/aromatic N) is 2. The summed E-state index contributed by atoms with van der Waals surface area (Å²) in [6.45, 7) is 6.62. The summed E-state index contributed by atoms with van der Waals surface area (Å²) >= 11 is 0. The van der Waals surface area contributed by atoms with Crippen molar-refractivity contribution in [3.05, 3.63) is 36.2 Å². The lowest BCUT2D eigenvalue weighted by Crippen LogP contribution is -2.10. The van der Waals surface area contributed by atoms with E-state index in [1.54, 1.807) is 0 Å². The molecule has 0 atom stereocenters. The van der Waals surface area contributed by atoms with Gasteiger partial charge in [-0.15, -0.1) is 0 Å². The van der Waals surface area contributed by atoms with Crippen LogP contribution in [0.15, 0.2) is 30.6 Å². The van der Waals surface area contributed by atoms with Crippen LogP contribution in [-0.4, -0.2) is 9.61 Å². The Morgan fingerprint density at radius 1 is 1.21 bits per heavy atom. The van der Waals surface area contributed by atoms with Crippen LogP contribution in [-0.2, 0) is 5.41 Å². The minimum Gasteiger partial charge on any atom is -0.241 e. The number of rotatable bonds is 0. The van der Waals surface area contributed by atoms with E-state index in [4.69, 9.17) is 0 Å². The summed E-state index contributed by atoms with van der Waals surface area (Å²) in [6.07, 6.45) is 3.93. The van der Waals surface area contributed by atoms with Gasteiger partial charge in [0, 0.05) is 11.8 Å². The smallest absolute Gasteiger partial charge is 0.0698 e. The Hall–Kier alpha value is -1.31. The summed E-state index contributed by atoms with van der Waals surface area (Å²) in [7, 11) is 0. The molecule has 76 valence electrons. The van der Waals surface area contributed by atoms with E-state index in [1.807, 2.05) is 29.0 Å². The fourth-order valence-corrected chi connectivity index (χ4v) is 1.51. The Balaban J connectivity index is 0.000000980. The topological polar surface area (TPSA) is 17.3 Å². The molecule has 0 aromatic carbocycles. The Kier molecular flexibility index (Phi) is 2.65. The average molecular weight is 190 g/mol. The number of hydrogen-bond acceptors (Lipinski definition) is 1. The molecule has 2 aromatic rings. The molecule has 14 heavy (non-hydrogen) atoms. The highest BCUT2D eigenvalue weighted by Crippen LogP contribution is 2.25. The molecule has 0 radical (unpaired) electrons. The van der Waals surface area contributed by atoms with Crippen LogP contribution in [0.4, 0.5) is 0 Å². The van der Waals surface area contributed by atoms with Crippen LogP contribution < -0.4 is 0 Å². The van der Waals surface area contributed by atoms with Crippen molar-refractivity contribution in [3.63, 3.8) is 0 Å². The molecule has 0 amide bonds. The number of aromatic nitrogens is 2. The van der Waals surface area contributed by atoms with Gasteiger partial charge in [-0.25, -0.2) is 4.52 Å². The molecular weight excluding hydrogens is 172 g/mol. The fraction of sp³-hybridized carbons (Fsp3) is 0.417. The SMILES string of the molecule is C.CC(C)(C)c1cnn2ccccc12. The molecule has 0 aliphatic rings. The third-order valence-electron chi connectivity index (χ3n) is 2.23. The van der Waals surface area contributed by atoms with E-state index in [9.17, 15) is 0 Å². The normalized spacial score (nSPS) is 11.4. The van der Waals surface area contributed by atoms with Crippen LogP contribution in [0.3, 0.4) is 0 Å². The van der Waals surface area contributed by atoms with Gasteiger partial charge in [0.25, 0.3) is 0 Å². The maximum absolute atomic E-state index is 4.30. The lowest BCUT2D eigenvalue weighted by molar-refractivity contribution is 0.595. The minimum absolute atomic E-state index is 0. The lowest BCUT2D eigenvalue weighted by atomic mass is 9.88. The summed E-state index contributed by atoms with van der Waals surface area (Å²) in [5.41, 5.74) is 2.67. The zero-order valence-electron chi connectivity index (χ0n) is 8.28. The summed E-state index contributed by atoms with van der Waals surface area (Å²) in [4.78, 5) is 0. The Morgan fingerprint density at radius 2 is 1.93 bits per heavy atom. The van der Waals surface area contributed by atoms with Crippen molar-refractivity contribution < 1.29 is 0 Å². The molecule has 2 nitrogen and oxygen atoms in total. The maximum atomic E-state index is 4.30. The van der Waals surface area contributed by atoms with Gasteiger partial charge in [-0.1, -0.05) is 34.3 Å². The average Bonchev–Trinajstić information content (AvgIpc) is 2.45. The lowest BCUT2D eigenvalue weighted by Gasteiger charge is -2.16. The van der Waals surface area contributed by atoms with E-state index >= 15 is 0 Å². The molecule has 0 spiro atoms. The second-order valence-electron chi connectivity index (χ2n) is 4.34. The molecule has 0 N–H and O–H groups in total. The fourth-order valence-electron chi connectivity index (χ4n) is 1.51. The first-order valence-corrected chi connectivity index (χ1v) is 4.52. The standard InChI is InChI=1S/C11H14N2.CH4/c1-11(2,3)9-8-12-13-7-5-4-6-10(9)13;/h4-8H,1-3H3;1H4. The van der Waals surface area contributed by atoms with E-state index < -0.39 is 0 Å². The summed E-state index contributed by atoms with van der Waals surface area (Å²) in [6, 6.07) is 6.15. The molecule has 0 saturated heterocycles. The number of fused-ring (bicyclic) bond motifs is 1. The Labute approximate surface area is 85.6 Å². The van der Waals surface area contributed by atoms with Crippen molar-refractivity contribution in [2.75, 3.05) is 0 Å². The third kappa shape index (κ3) is 1.65. The molecule has 0 aliphatic heterocycles. The summed E-state index contributed by atoms with van der Waals surface area (Å²) in [5.74, 6) is 0. The minimum atomic E-state index is 0. The van der Waals surface area contributed by atoms with Crippen LogP contribution in [0.1, 0.15) is 33.8 Å². The second-order valence-corrected chi connectivity index (χ2v) is 4.34. The highest BCUT2D eigenvalue weighted by molar-refractivity contribution is 5.56. The molecular formula is C12H18N2. The molecule has 2 heterocycles. The summed E-state index contributed by atoms with van der Waals surface area (Å²) in [5, 5.41) is 4.30. The van der Waals surface area contributed by atoms with E-state index in [1.165, 1.54) is 11.1 Å². The van der Waals surface area contributed by atoms with Crippen molar-refractivity contribution in [3.8, 4) is 0 Å². The molecule has 2 rings (SSSR count). The van der Waals surface area contributed by atoms with Gasteiger partial charge in [-0.05, 0) is 17.5 Å². The second kappa shape index (κ2) is 3.45. The maximum Gasteiger partial charge on any atom is 0.0698 e. The first kappa shape index (κ1) is 10.8. The van der Waals surface area contributed by atoms with Gasteiger partial charge >= 0.3 is 0 Å². The first-order chi connectivity index (χ1) is 6.09. The van der Waals surface area contributed by atoms with Crippen molar-refractivity contribution >= 4 is 5.52 Å². The van der Waals surface area contributed by atoms with Crippen molar-refractivity contribution in [2.24, 2.45) is 0 Å². The van der Waals surface area contributed by atoms with Crippen LogP contribution in [0.2, 0.25) is 0 Å².